The van der Waals surface area contributed by atoms with E-state index in [9.17, 15) is 22.8 Å². The SMILES string of the molecule is CC(=O)Nc1cccc(C(=O)Nc2cc(C(F)(F)F)ccc2N2CCCCC2)c1. The van der Waals surface area contributed by atoms with Crippen molar-refractivity contribution in [2.45, 2.75) is 32.4 Å². The number of halogens is 3. The summed E-state index contributed by atoms with van der Waals surface area (Å²) in [6.45, 7) is 2.80. The van der Waals surface area contributed by atoms with E-state index in [1.165, 1.54) is 25.1 Å². The summed E-state index contributed by atoms with van der Waals surface area (Å²) >= 11 is 0. The first-order chi connectivity index (χ1) is 13.7. The number of carbonyl (C=O) groups excluding carboxylic acids is 2. The molecule has 2 aromatic rings. The lowest BCUT2D eigenvalue weighted by Gasteiger charge is -2.31. The predicted octanol–water partition coefficient (Wildman–Crippen LogP) is 4.91. The minimum Gasteiger partial charge on any atom is -0.370 e. The van der Waals surface area contributed by atoms with Gasteiger partial charge >= 0.3 is 6.18 Å². The van der Waals surface area contributed by atoms with Crippen LogP contribution in [0.15, 0.2) is 42.5 Å². The number of nitrogens with zero attached hydrogens (tertiary/aromatic N) is 1. The highest BCUT2D eigenvalue weighted by molar-refractivity contribution is 6.07. The molecule has 0 unspecified atom stereocenters. The van der Waals surface area contributed by atoms with Gasteiger partial charge in [-0.1, -0.05) is 6.07 Å². The molecule has 2 amide bonds. The molecule has 1 aliphatic heterocycles. The van der Waals surface area contributed by atoms with Crippen molar-refractivity contribution in [2.24, 2.45) is 0 Å². The van der Waals surface area contributed by atoms with Gasteiger partial charge < -0.3 is 15.5 Å². The van der Waals surface area contributed by atoms with Gasteiger partial charge in [-0.15, -0.1) is 0 Å². The quantitative estimate of drug-likeness (QED) is 0.760. The summed E-state index contributed by atoms with van der Waals surface area (Å²) in [4.78, 5) is 25.9. The molecule has 2 N–H and O–H groups in total. The zero-order valence-electron chi connectivity index (χ0n) is 16.0. The highest BCUT2D eigenvalue weighted by atomic mass is 19.4. The van der Waals surface area contributed by atoms with Crippen LogP contribution in [0.2, 0.25) is 0 Å². The van der Waals surface area contributed by atoms with Gasteiger partial charge in [0.15, 0.2) is 0 Å². The second-order valence-electron chi connectivity index (χ2n) is 6.99. The largest absolute Gasteiger partial charge is 0.416 e. The molecule has 1 saturated heterocycles. The molecule has 0 radical (unpaired) electrons. The number of piperidine rings is 1. The number of amides is 2. The molecule has 1 heterocycles. The lowest BCUT2D eigenvalue weighted by Crippen LogP contribution is -2.30. The Hall–Kier alpha value is -3.03. The van der Waals surface area contributed by atoms with Crippen LogP contribution in [0, 0.1) is 0 Å². The third kappa shape index (κ3) is 5.28. The standard InChI is InChI=1S/C21H22F3N3O2/c1-14(28)25-17-7-5-6-15(12-17)20(29)26-18-13-16(21(22,23)24)8-9-19(18)27-10-3-2-4-11-27/h5-9,12-13H,2-4,10-11H2,1H3,(H,25,28)(H,26,29). The molecule has 8 heteroatoms. The highest BCUT2D eigenvalue weighted by Crippen LogP contribution is 2.36. The maximum absolute atomic E-state index is 13.2. The summed E-state index contributed by atoms with van der Waals surface area (Å²) in [5, 5.41) is 5.20. The second kappa shape index (κ2) is 8.55. The van der Waals surface area contributed by atoms with Gasteiger partial charge in [-0.2, -0.15) is 13.2 Å². The lowest BCUT2D eigenvalue weighted by molar-refractivity contribution is -0.137. The van der Waals surface area contributed by atoms with E-state index in [1.54, 1.807) is 12.1 Å². The first kappa shape index (κ1) is 20.7. The number of hydrogen-bond acceptors (Lipinski definition) is 3. The fourth-order valence-corrected chi connectivity index (χ4v) is 3.36. The van der Waals surface area contributed by atoms with E-state index in [1.807, 2.05) is 4.90 Å². The first-order valence-electron chi connectivity index (χ1n) is 9.39. The van der Waals surface area contributed by atoms with Crippen LogP contribution in [0.3, 0.4) is 0 Å². The van der Waals surface area contributed by atoms with Crippen LogP contribution in [0.25, 0.3) is 0 Å². The Bertz CT molecular complexity index is 906. The van der Waals surface area contributed by atoms with Crippen molar-refractivity contribution in [1.82, 2.24) is 0 Å². The zero-order chi connectivity index (χ0) is 21.0. The predicted molar refractivity (Wildman–Crippen MR) is 106 cm³/mol. The minimum atomic E-state index is -4.51. The lowest BCUT2D eigenvalue weighted by atomic mass is 10.1. The molecule has 0 aliphatic carbocycles. The van der Waals surface area contributed by atoms with E-state index >= 15 is 0 Å². The van der Waals surface area contributed by atoms with Crippen LogP contribution in [0.5, 0.6) is 0 Å². The summed E-state index contributed by atoms with van der Waals surface area (Å²) in [5.74, 6) is -0.831. The van der Waals surface area contributed by atoms with Gasteiger partial charge in [0.2, 0.25) is 5.91 Å². The molecule has 29 heavy (non-hydrogen) atoms. The zero-order valence-corrected chi connectivity index (χ0v) is 16.0. The van der Waals surface area contributed by atoms with E-state index in [2.05, 4.69) is 10.6 Å². The molecular formula is C21H22F3N3O2. The molecule has 0 saturated carbocycles. The smallest absolute Gasteiger partial charge is 0.370 e. The molecule has 0 aromatic heterocycles. The molecule has 1 fully saturated rings. The average molecular weight is 405 g/mol. The topological polar surface area (TPSA) is 61.4 Å². The normalized spacial score (nSPS) is 14.4. The van der Waals surface area contributed by atoms with Crippen molar-refractivity contribution >= 4 is 28.9 Å². The fraction of sp³-hybridized carbons (Fsp3) is 0.333. The van der Waals surface area contributed by atoms with Gasteiger partial charge in [0, 0.05) is 31.3 Å². The molecule has 1 aliphatic rings. The van der Waals surface area contributed by atoms with E-state index in [0.717, 1.165) is 44.5 Å². The number of alkyl halides is 3. The van der Waals surface area contributed by atoms with Gasteiger partial charge in [0.1, 0.15) is 0 Å². The first-order valence-corrected chi connectivity index (χ1v) is 9.39. The van der Waals surface area contributed by atoms with Gasteiger partial charge in [-0.25, -0.2) is 0 Å². The Morgan fingerprint density at radius 3 is 2.34 bits per heavy atom. The summed E-state index contributed by atoms with van der Waals surface area (Å²) in [5.41, 5.74) is 0.546. The molecule has 154 valence electrons. The number of rotatable bonds is 4. The van der Waals surface area contributed by atoms with Crippen LogP contribution >= 0.6 is 0 Å². The van der Waals surface area contributed by atoms with Gasteiger partial charge in [0.25, 0.3) is 5.91 Å². The average Bonchev–Trinajstić information content (AvgIpc) is 2.67. The Morgan fingerprint density at radius 2 is 1.69 bits per heavy atom. The maximum atomic E-state index is 13.2. The number of benzene rings is 2. The van der Waals surface area contributed by atoms with Crippen molar-refractivity contribution in [2.75, 3.05) is 28.6 Å². The van der Waals surface area contributed by atoms with Crippen LogP contribution in [0.1, 0.15) is 42.1 Å². The monoisotopic (exact) mass is 405 g/mol. The Kier molecular flexibility index (Phi) is 6.10. The molecule has 3 rings (SSSR count). The molecule has 5 nitrogen and oxygen atoms in total. The maximum Gasteiger partial charge on any atom is 0.416 e. The van der Waals surface area contributed by atoms with Crippen molar-refractivity contribution in [3.8, 4) is 0 Å². The van der Waals surface area contributed by atoms with E-state index in [-0.39, 0.29) is 17.2 Å². The van der Waals surface area contributed by atoms with Crippen molar-refractivity contribution in [1.29, 1.82) is 0 Å². The van der Waals surface area contributed by atoms with Crippen LogP contribution < -0.4 is 15.5 Å². The fourth-order valence-electron chi connectivity index (χ4n) is 3.36. The number of anilines is 3. The second-order valence-corrected chi connectivity index (χ2v) is 6.99. The van der Waals surface area contributed by atoms with Gasteiger partial charge in [0.05, 0.1) is 16.9 Å². The number of carbonyl (C=O) groups is 2. The van der Waals surface area contributed by atoms with Gasteiger partial charge in [-0.3, -0.25) is 9.59 Å². The van der Waals surface area contributed by atoms with Crippen molar-refractivity contribution in [3.63, 3.8) is 0 Å². The van der Waals surface area contributed by atoms with Crippen molar-refractivity contribution < 1.29 is 22.8 Å². The molecule has 0 bridgehead atoms. The molecular weight excluding hydrogens is 383 g/mol. The molecule has 2 aromatic carbocycles. The van der Waals surface area contributed by atoms with Crippen LogP contribution in [0.4, 0.5) is 30.2 Å². The van der Waals surface area contributed by atoms with E-state index in [4.69, 9.17) is 0 Å². The Labute approximate surface area is 166 Å². The van der Waals surface area contributed by atoms with Crippen LogP contribution in [-0.4, -0.2) is 24.9 Å². The van der Waals surface area contributed by atoms with Crippen molar-refractivity contribution in [3.05, 3.63) is 53.6 Å². The summed E-state index contributed by atoms with van der Waals surface area (Å²) < 4.78 is 39.6. The van der Waals surface area contributed by atoms with Gasteiger partial charge in [-0.05, 0) is 55.7 Å². The third-order valence-electron chi connectivity index (χ3n) is 4.71. The summed E-state index contributed by atoms with van der Waals surface area (Å²) in [7, 11) is 0. The number of nitrogens with one attached hydrogen (secondary N) is 2. The highest BCUT2D eigenvalue weighted by Gasteiger charge is 2.32. The Morgan fingerprint density at radius 1 is 0.966 bits per heavy atom. The molecule has 0 spiro atoms. The molecule has 0 atom stereocenters. The minimum absolute atomic E-state index is 0.122. The summed E-state index contributed by atoms with van der Waals surface area (Å²) in [6.07, 6.45) is -1.53. The third-order valence-corrected chi connectivity index (χ3v) is 4.71. The summed E-state index contributed by atoms with van der Waals surface area (Å²) in [6, 6.07) is 9.66. The van der Waals surface area contributed by atoms with E-state index < -0.39 is 17.6 Å². The van der Waals surface area contributed by atoms with Crippen LogP contribution in [-0.2, 0) is 11.0 Å². The Balaban J connectivity index is 1.91. The number of hydrogen-bond donors (Lipinski definition) is 2. The van der Waals surface area contributed by atoms with E-state index in [0.29, 0.717) is 11.4 Å².